The molecular formula is C14H14N2O3. The maximum atomic E-state index is 12.1. The number of anilines is 1. The molecule has 0 saturated heterocycles. The Bertz CT molecular complexity index is 575. The molecule has 5 nitrogen and oxygen atoms in total. The minimum Gasteiger partial charge on any atom is -0.478 e. The molecule has 1 atom stereocenters. The van der Waals surface area contributed by atoms with E-state index in [1.54, 1.807) is 17.0 Å². The topological polar surface area (TPSA) is 83.6 Å². The zero-order chi connectivity index (χ0) is 14.0. The zero-order valence-corrected chi connectivity index (χ0v) is 10.3. The average molecular weight is 258 g/mol. The summed E-state index contributed by atoms with van der Waals surface area (Å²) in [6, 6.07) is 4.01. The first kappa shape index (κ1) is 13.1. The number of nitrogens with two attached hydrogens (primary N) is 1. The van der Waals surface area contributed by atoms with Crippen LogP contribution in [-0.2, 0) is 11.2 Å². The van der Waals surface area contributed by atoms with Gasteiger partial charge in [0.15, 0.2) is 0 Å². The van der Waals surface area contributed by atoms with Gasteiger partial charge in [0, 0.05) is 18.7 Å². The SMILES string of the molecule is C#CCC(N)C(=O)N1CCc2cc(C(=O)O)ccc21. The van der Waals surface area contributed by atoms with Gasteiger partial charge in [-0.25, -0.2) is 4.79 Å². The Hall–Kier alpha value is -2.32. The van der Waals surface area contributed by atoms with Crippen LogP contribution in [0.25, 0.3) is 0 Å². The van der Waals surface area contributed by atoms with E-state index in [0.717, 1.165) is 11.3 Å². The van der Waals surface area contributed by atoms with E-state index in [0.29, 0.717) is 13.0 Å². The van der Waals surface area contributed by atoms with Crippen molar-refractivity contribution < 1.29 is 14.7 Å². The van der Waals surface area contributed by atoms with Crippen molar-refractivity contribution in [2.75, 3.05) is 11.4 Å². The third-order valence-electron chi connectivity index (χ3n) is 3.14. The summed E-state index contributed by atoms with van der Waals surface area (Å²) in [6.45, 7) is 0.509. The monoisotopic (exact) mass is 258 g/mol. The maximum absolute atomic E-state index is 12.1. The summed E-state index contributed by atoms with van der Waals surface area (Å²) < 4.78 is 0. The normalized spacial score (nSPS) is 14.6. The second-order valence-corrected chi connectivity index (χ2v) is 4.40. The lowest BCUT2D eigenvalue weighted by Gasteiger charge is -2.20. The van der Waals surface area contributed by atoms with E-state index >= 15 is 0 Å². The first-order valence-electron chi connectivity index (χ1n) is 5.91. The molecule has 1 aromatic carbocycles. The van der Waals surface area contributed by atoms with Crippen LogP contribution in [0, 0.1) is 12.3 Å². The van der Waals surface area contributed by atoms with Crippen molar-refractivity contribution >= 4 is 17.6 Å². The largest absolute Gasteiger partial charge is 0.478 e. The fourth-order valence-corrected chi connectivity index (χ4v) is 2.18. The zero-order valence-electron chi connectivity index (χ0n) is 10.3. The highest BCUT2D eigenvalue weighted by Gasteiger charge is 2.28. The molecule has 1 unspecified atom stereocenters. The Labute approximate surface area is 111 Å². The molecule has 19 heavy (non-hydrogen) atoms. The van der Waals surface area contributed by atoms with Crippen molar-refractivity contribution in [1.29, 1.82) is 0 Å². The summed E-state index contributed by atoms with van der Waals surface area (Å²) in [6.07, 6.45) is 5.97. The number of fused-ring (bicyclic) bond motifs is 1. The number of nitrogens with zero attached hydrogens (tertiary/aromatic N) is 1. The number of carbonyl (C=O) groups is 2. The highest BCUT2D eigenvalue weighted by atomic mass is 16.4. The van der Waals surface area contributed by atoms with Gasteiger partial charge in [0.05, 0.1) is 11.6 Å². The molecule has 0 aromatic heterocycles. The Morgan fingerprint density at radius 2 is 2.26 bits per heavy atom. The van der Waals surface area contributed by atoms with Crippen LogP contribution in [0.1, 0.15) is 22.3 Å². The van der Waals surface area contributed by atoms with E-state index in [-0.39, 0.29) is 17.9 Å². The molecule has 1 aromatic rings. The van der Waals surface area contributed by atoms with Crippen LogP contribution in [0.3, 0.4) is 0 Å². The van der Waals surface area contributed by atoms with Crippen molar-refractivity contribution in [2.24, 2.45) is 5.73 Å². The fraction of sp³-hybridized carbons (Fsp3) is 0.286. The molecule has 1 aliphatic heterocycles. The number of carboxylic acids is 1. The van der Waals surface area contributed by atoms with Crippen LogP contribution in [0.15, 0.2) is 18.2 Å². The second-order valence-electron chi connectivity index (χ2n) is 4.40. The number of benzene rings is 1. The van der Waals surface area contributed by atoms with Crippen LogP contribution in [-0.4, -0.2) is 29.6 Å². The van der Waals surface area contributed by atoms with Gasteiger partial charge in [0.1, 0.15) is 0 Å². The lowest BCUT2D eigenvalue weighted by atomic mass is 10.1. The minimum atomic E-state index is -0.975. The van der Waals surface area contributed by atoms with E-state index in [1.165, 1.54) is 6.07 Å². The molecule has 5 heteroatoms. The Morgan fingerprint density at radius 3 is 2.89 bits per heavy atom. The van der Waals surface area contributed by atoms with E-state index in [9.17, 15) is 9.59 Å². The summed E-state index contributed by atoms with van der Waals surface area (Å²) in [5, 5.41) is 8.93. The van der Waals surface area contributed by atoms with Gasteiger partial charge in [0.2, 0.25) is 5.91 Å². The molecule has 1 heterocycles. The quantitative estimate of drug-likeness (QED) is 0.779. The van der Waals surface area contributed by atoms with Gasteiger partial charge in [-0.2, -0.15) is 0 Å². The van der Waals surface area contributed by atoms with Gasteiger partial charge in [-0.15, -0.1) is 12.3 Å². The first-order chi connectivity index (χ1) is 9.04. The van der Waals surface area contributed by atoms with Crippen molar-refractivity contribution in [3.8, 4) is 12.3 Å². The smallest absolute Gasteiger partial charge is 0.335 e. The predicted molar refractivity (Wildman–Crippen MR) is 70.9 cm³/mol. The van der Waals surface area contributed by atoms with Gasteiger partial charge in [-0.3, -0.25) is 4.79 Å². The number of carbonyl (C=O) groups excluding carboxylic acids is 1. The summed E-state index contributed by atoms with van der Waals surface area (Å²) >= 11 is 0. The standard InChI is InChI=1S/C14H14N2O3/c1-2-3-11(15)13(17)16-7-6-9-8-10(14(18)19)4-5-12(9)16/h1,4-5,8,11H,3,6-7,15H2,(H,18,19). The lowest BCUT2D eigenvalue weighted by molar-refractivity contribution is -0.119. The number of aromatic carboxylic acids is 1. The van der Waals surface area contributed by atoms with Gasteiger partial charge in [-0.05, 0) is 30.2 Å². The van der Waals surface area contributed by atoms with E-state index in [2.05, 4.69) is 5.92 Å². The van der Waals surface area contributed by atoms with Crippen LogP contribution >= 0.6 is 0 Å². The molecule has 2 rings (SSSR count). The Morgan fingerprint density at radius 1 is 1.53 bits per heavy atom. The van der Waals surface area contributed by atoms with E-state index in [4.69, 9.17) is 17.3 Å². The molecule has 0 radical (unpaired) electrons. The molecule has 3 N–H and O–H groups in total. The number of rotatable bonds is 3. The molecular weight excluding hydrogens is 244 g/mol. The molecule has 0 saturated carbocycles. The van der Waals surface area contributed by atoms with E-state index in [1.807, 2.05) is 0 Å². The molecule has 0 bridgehead atoms. The van der Waals surface area contributed by atoms with Crippen LogP contribution in [0.4, 0.5) is 5.69 Å². The van der Waals surface area contributed by atoms with Gasteiger partial charge in [-0.1, -0.05) is 0 Å². The van der Waals surface area contributed by atoms with Crippen LogP contribution in [0.5, 0.6) is 0 Å². The molecule has 0 spiro atoms. The second kappa shape index (κ2) is 5.12. The van der Waals surface area contributed by atoms with Gasteiger partial charge < -0.3 is 15.7 Å². The predicted octanol–water partition coefficient (Wildman–Crippen LogP) is 0.624. The van der Waals surface area contributed by atoms with E-state index < -0.39 is 12.0 Å². The molecule has 0 fully saturated rings. The van der Waals surface area contributed by atoms with Crippen LogP contribution < -0.4 is 10.6 Å². The van der Waals surface area contributed by atoms with Crippen molar-refractivity contribution in [1.82, 2.24) is 0 Å². The first-order valence-corrected chi connectivity index (χ1v) is 5.91. The van der Waals surface area contributed by atoms with Gasteiger partial charge >= 0.3 is 5.97 Å². The highest BCUT2D eigenvalue weighted by molar-refractivity contribution is 5.99. The summed E-state index contributed by atoms with van der Waals surface area (Å²) in [5.41, 5.74) is 7.51. The number of carboxylic acid groups (broad SMARTS) is 1. The third-order valence-corrected chi connectivity index (χ3v) is 3.14. The Kier molecular flexibility index (Phi) is 3.54. The van der Waals surface area contributed by atoms with Crippen LogP contribution in [0.2, 0.25) is 0 Å². The lowest BCUT2D eigenvalue weighted by Crippen LogP contribution is -2.42. The number of hydrogen-bond acceptors (Lipinski definition) is 3. The average Bonchev–Trinajstić information content (AvgIpc) is 2.80. The van der Waals surface area contributed by atoms with Crippen molar-refractivity contribution in [2.45, 2.75) is 18.9 Å². The summed E-state index contributed by atoms with van der Waals surface area (Å²) in [5.74, 6) is 1.17. The Balaban J connectivity index is 2.25. The number of hydrogen-bond donors (Lipinski definition) is 2. The molecule has 1 amide bonds. The van der Waals surface area contributed by atoms with Gasteiger partial charge in [0.25, 0.3) is 0 Å². The number of terminal acetylenes is 1. The molecule has 1 aliphatic rings. The maximum Gasteiger partial charge on any atom is 0.335 e. The van der Waals surface area contributed by atoms with Crippen molar-refractivity contribution in [3.63, 3.8) is 0 Å². The summed E-state index contributed by atoms with van der Waals surface area (Å²) in [4.78, 5) is 24.6. The van der Waals surface area contributed by atoms with Crippen molar-refractivity contribution in [3.05, 3.63) is 29.3 Å². The fourth-order valence-electron chi connectivity index (χ4n) is 2.18. The molecule has 0 aliphatic carbocycles. The molecule has 98 valence electrons. The highest BCUT2D eigenvalue weighted by Crippen LogP contribution is 2.29. The summed E-state index contributed by atoms with van der Waals surface area (Å²) in [7, 11) is 0. The number of amides is 1. The third kappa shape index (κ3) is 2.44. The minimum absolute atomic E-state index is 0.192.